The number of thiophene rings is 1. The van der Waals surface area contributed by atoms with Crippen LogP contribution in [0.25, 0.3) is 0 Å². The quantitative estimate of drug-likeness (QED) is 0.231. The molecule has 0 saturated carbocycles. The Morgan fingerprint density at radius 3 is 2.55 bits per heavy atom. The summed E-state index contributed by atoms with van der Waals surface area (Å²) in [6, 6.07) is 6.31. The van der Waals surface area contributed by atoms with Crippen molar-refractivity contribution in [3.63, 3.8) is 0 Å². The number of aryl methyl sites for hydroxylation is 1. The van der Waals surface area contributed by atoms with Gasteiger partial charge < -0.3 is 19.9 Å². The number of carbonyl (C=O) groups is 4. The van der Waals surface area contributed by atoms with Crippen LogP contribution in [0.5, 0.6) is 5.75 Å². The minimum atomic E-state index is -1.08. The van der Waals surface area contributed by atoms with Crippen molar-refractivity contribution < 1.29 is 33.8 Å². The van der Waals surface area contributed by atoms with Gasteiger partial charge in [0.1, 0.15) is 10.8 Å². The van der Waals surface area contributed by atoms with Gasteiger partial charge in [-0.2, -0.15) is 5.10 Å². The van der Waals surface area contributed by atoms with Crippen LogP contribution in [0.1, 0.15) is 46.1 Å². The number of esters is 1. The summed E-state index contributed by atoms with van der Waals surface area (Å²) in [7, 11) is 0. The Morgan fingerprint density at radius 1 is 1.12 bits per heavy atom. The largest absolute Gasteiger partial charge is 0.482 e. The molecule has 3 rings (SSSR count). The molecule has 0 atom stereocenters. The normalized spacial score (nSPS) is 12.6. The van der Waals surface area contributed by atoms with Crippen LogP contribution in [0, 0.1) is 0 Å². The number of aliphatic carboxylic acids is 1. The highest BCUT2D eigenvalue weighted by molar-refractivity contribution is 7.17. The molecular weight excluding hydrogens is 450 g/mol. The zero-order valence-corrected chi connectivity index (χ0v) is 18.7. The molecule has 33 heavy (non-hydrogen) atoms. The Labute approximate surface area is 193 Å². The third kappa shape index (κ3) is 6.39. The van der Waals surface area contributed by atoms with Gasteiger partial charge in [0.2, 0.25) is 0 Å². The van der Waals surface area contributed by atoms with Gasteiger partial charge >= 0.3 is 23.8 Å². The molecule has 174 valence electrons. The van der Waals surface area contributed by atoms with E-state index in [1.807, 2.05) is 0 Å². The number of fused-ring (bicyclic) bond motifs is 1. The van der Waals surface area contributed by atoms with Crippen LogP contribution in [0.2, 0.25) is 0 Å². The smallest absolute Gasteiger partial charge is 0.341 e. The third-order valence-corrected chi connectivity index (χ3v) is 5.91. The molecule has 0 bridgehead atoms. The van der Waals surface area contributed by atoms with Gasteiger partial charge in [0.05, 0.1) is 18.4 Å². The van der Waals surface area contributed by atoms with Crippen LogP contribution >= 0.6 is 11.3 Å². The van der Waals surface area contributed by atoms with Gasteiger partial charge in [-0.3, -0.25) is 9.59 Å². The number of hydrazone groups is 1. The monoisotopic (exact) mass is 473 g/mol. The van der Waals surface area contributed by atoms with Crippen molar-refractivity contribution in [1.29, 1.82) is 0 Å². The molecule has 0 aliphatic heterocycles. The summed E-state index contributed by atoms with van der Waals surface area (Å²) in [6.07, 6.45) is 4.82. The summed E-state index contributed by atoms with van der Waals surface area (Å²) in [4.78, 5) is 48.5. The number of carbonyl (C=O) groups excluding carboxylic acids is 3. The predicted octanol–water partition coefficient (Wildman–Crippen LogP) is 2.36. The summed E-state index contributed by atoms with van der Waals surface area (Å²) in [5.41, 5.74) is 3.94. The molecule has 0 saturated heterocycles. The van der Waals surface area contributed by atoms with Gasteiger partial charge in [-0.15, -0.1) is 11.3 Å². The molecule has 10 nitrogen and oxygen atoms in total. The van der Waals surface area contributed by atoms with Gasteiger partial charge in [-0.1, -0.05) is 0 Å². The van der Waals surface area contributed by atoms with E-state index in [1.165, 1.54) is 17.6 Å². The van der Waals surface area contributed by atoms with E-state index in [4.69, 9.17) is 14.6 Å². The molecule has 1 aromatic carbocycles. The van der Waals surface area contributed by atoms with Crippen LogP contribution in [0.3, 0.4) is 0 Å². The molecule has 0 unspecified atom stereocenters. The van der Waals surface area contributed by atoms with Gasteiger partial charge in [0.15, 0.2) is 6.61 Å². The number of carboxylic acid groups (broad SMARTS) is 1. The lowest BCUT2D eigenvalue weighted by atomic mass is 9.95. The zero-order valence-electron chi connectivity index (χ0n) is 17.9. The van der Waals surface area contributed by atoms with Crippen molar-refractivity contribution in [3.8, 4) is 5.75 Å². The molecule has 2 amide bonds. The maximum absolute atomic E-state index is 12.4. The molecule has 1 heterocycles. The number of ether oxygens (including phenoxy) is 2. The molecule has 3 N–H and O–H groups in total. The standard InChI is InChI=1S/C22H23N3O7S/c1-2-31-22(30)18-15-5-3-4-6-16(15)33-21(18)24-19(28)20(29)25-23-11-13-7-9-14(10-8-13)32-12-17(26)27/h7-11H,2-6,12H2,1H3,(H,24,28)(H,25,29)(H,26,27). The predicted molar refractivity (Wildman–Crippen MR) is 121 cm³/mol. The Bertz CT molecular complexity index is 1080. The van der Waals surface area contributed by atoms with Gasteiger partial charge in [-0.25, -0.2) is 15.0 Å². The number of hydrogen-bond donors (Lipinski definition) is 3. The second-order valence-corrected chi connectivity index (χ2v) is 8.15. The van der Waals surface area contributed by atoms with Crippen molar-refractivity contribution >= 4 is 46.3 Å². The minimum Gasteiger partial charge on any atom is -0.482 e. The summed E-state index contributed by atoms with van der Waals surface area (Å²) in [6.45, 7) is 1.46. The highest BCUT2D eigenvalue weighted by Gasteiger charge is 2.28. The molecule has 1 aliphatic carbocycles. The number of carboxylic acids is 1. The molecule has 2 aromatic rings. The SMILES string of the molecule is CCOC(=O)c1c(NC(=O)C(=O)NN=Cc2ccc(OCC(=O)O)cc2)sc2c1CCCC2. The van der Waals surface area contributed by atoms with E-state index in [0.29, 0.717) is 21.9 Å². The Morgan fingerprint density at radius 2 is 1.85 bits per heavy atom. The van der Waals surface area contributed by atoms with Crippen molar-refractivity contribution in [2.75, 3.05) is 18.5 Å². The zero-order chi connectivity index (χ0) is 23.8. The lowest BCUT2D eigenvalue weighted by Gasteiger charge is -2.12. The third-order valence-electron chi connectivity index (χ3n) is 4.71. The van der Waals surface area contributed by atoms with Gasteiger partial charge in [-0.05, 0) is 68.0 Å². The van der Waals surface area contributed by atoms with E-state index in [9.17, 15) is 19.2 Å². The molecule has 1 aromatic heterocycles. The molecule has 11 heteroatoms. The van der Waals surface area contributed by atoms with Crippen LogP contribution in [0.4, 0.5) is 5.00 Å². The van der Waals surface area contributed by atoms with Crippen molar-refractivity contribution in [1.82, 2.24) is 5.43 Å². The van der Waals surface area contributed by atoms with Crippen molar-refractivity contribution in [3.05, 3.63) is 45.8 Å². The fourth-order valence-corrected chi connectivity index (χ4v) is 4.52. The fraction of sp³-hybridized carbons (Fsp3) is 0.318. The molecule has 1 aliphatic rings. The second-order valence-electron chi connectivity index (χ2n) is 7.04. The van der Waals surface area contributed by atoms with Gasteiger partial charge in [0.25, 0.3) is 0 Å². The van der Waals surface area contributed by atoms with Gasteiger partial charge in [0, 0.05) is 4.88 Å². The van der Waals surface area contributed by atoms with E-state index in [-0.39, 0.29) is 6.61 Å². The fourth-order valence-electron chi connectivity index (χ4n) is 3.24. The number of nitrogens with one attached hydrogen (secondary N) is 2. The Kier molecular flexibility index (Phi) is 8.14. The van der Waals surface area contributed by atoms with E-state index >= 15 is 0 Å². The maximum Gasteiger partial charge on any atom is 0.341 e. The summed E-state index contributed by atoms with van der Waals surface area (Å²) >= 11 is 1.29. The molecular formula is C22H23N3O7S. The highest BCUT2D eigenvalue weighted by atomic mass is 32.1. The number of rotatable bonds is 8. The van der Waals surface area contributed by atoms with E-state index < -0.39 is 30.4 Å². The first kappa shape index (κ1) is 23.9. The number of benzene rings is 1. The van der Waals surface area contributed by atoms with Crippen LogP contribution < -0.4 is 15.5 Å². The van der Waals surface area contributed by atoms with Crippen LogP contribution in [-0.4, -0.2) is 48.3 Å². The summed E-state index contributed by atoms with van der Waals surface area (Å²) in [5.74, 6) is -3.17. The average molecular weight is 474 g/mol. The second kappa shape index (κ2) is 11.2. The first-order chi connectivity index (χ1) is 15.9. The molecule has 0 fully saturated rings. The van der Waals surface area contributed by atoms with E-state index in [0.717, 1.165) is 36.1 Å². The van der Waals surface area contributed by atoms with E-state index in [2.05, 4.69) is 15.8 Å². The average Bonchev–Trinajstić information content (AvgIpc) is 3.16. The first-order valence-corrected chi connectivity index (χ1v) is 11.1. The van der Waals surface area contributed by atoms with Crippen molar-refractivity contribution in [2.45, 2.75) is 32.6 Å². The summed E-state index contributed by atoms with van der Waals surface area (Å²) < 4.78 is 10.2. The number of hydrogen-bond acceptors (Lipinski definition) is 8. The van der Waals surface area contributed by atoms with Crippen LogP contribution in [0.15, 0.2) is 29.4 Å². The first-order valence-electron chi connectivity index (χ1n) is 10.3. The molecule has 0 spiro atoms. The number of amides is 2. The Hall–Kier alpha value is -3.73. The lowest BCUT2D eigenvalue weighted by molar-refractivity contribution is -0.139. The number of anilines is 1. The maximum atomic E-state index is 12.4. The topological polar surface area (TPSA) is 143 Å². The van der Waals surface area contributed by atoms with E-state index in [1.54, 1.807) is 31.2 Å². The molecule has 0 radical (unpaired) electrons. The minimum absolute atomic E-state index is 0.207. The summed E-state index contributed by atoms with van der Waals surface area (Å²) in [5, 5.41) is 15.2. The number of nitrogens with zero attached hydrogens (tertiary/aromatic N) is 1. The lowest BCUT2D eigenvalue weighted by Crippen LogP contribution is -2.32. The Balaban J connectivity index is 1.61. The van der Waals surface area contributed by atoms with Crippen LogP contribution in [-0.2, 0) is 32.0 Å². The highest BCUT2D eigenvalue weighted by Crippen LogP contribution is 2.38. The van der Waals surface area contributed by atoms with Crippen molar-refractivity contribution in [2.24, 2.45) is 5.10 Å².